The minimum Gasteiger partial charge on any atom is -0.302 e. The summed E-state index contributed by atoms with van der Waals surface area (Å²) in [6.45, 7) is 3.62. The molecule has 0 bridgehead atoms. The molecule has 112 valence electrons. The number of benzene rings is 1. The lowest BCUT2D eigenvalue weighted by Crippen LogP contribution is -2.39. The van der Waals surface area contributed by atoms with E-state index in [0.29, 0.717) is 6.54 Å². The highest BCUT2D eigenvalue weighted by molar-refractivity contribution is 7.88. The fraction of sp³-hybridized carbons (Fsp3) is 0.600. The Balaban J connectivity index is 1.85. The Bertz CT molecular complexity index is 496. The van der Waals surface area contributed by atoms with Crippen molar-refractivity contribution in [2.45, 2.75) is 25.0 Å². The monoisotopic (exact) mass is 296 g/mol. The maximum Gasteiger partial charge on any atom is 0.218 e. The first-order chi connectivity index (χ1) is 9.58. The van der Waals surface area contributed by atoms with E-state index in [-0.39, 0.29) is 5.75 Å². The fourth-order valence-electron chi connectivity index (χ4n) is 2.50. The van der Waals surface area contributed by atoms with Gasteiger partial charge < -0.3 is 4.90 Å². The molecule has 0 unspecified atom stereocenters. The Kier molecular flexibility index (Phi) is 5.57. The standard InChI is InChI=1S/C15H24N2O2S/c1-16(12-13-17-10-6-3-7-11-17)20(18,19)14-15-8-4-2-5-9-15/h2,4-5,8-9H,3,6-7,10-14H2,1H3. The minimum atomic E-state index is -3.21. The third-order valence-electron chi connectivity index (χ3n) is 3.85. The first kappa shape index (κ1) is 15.5. The summed E-state index contributed by atoms with van der Waals surface area (Å²) >= 11 is 0. The number of nitrogens with zero attached hydrogens (tertiary/aromatic N) is 2. The molecular weight excluding hydrogens is 272 g/mol. The van der Waals surface area contributed by atoms with Crippen LogP contribution in [-0.2, 0) is 15.8 Å². The SMILES string of the molecule is CN(CCN1CCCCC1)S(=O)(=O)Cc1ccccc1. The highest BCUT2D eigenvalue weighted by Gasteiger charge is 2.19. The van der Waals surface area contributed by atoms with Crippen molar-refractivity contribution in [3.63, 3.8) is 0 Å². The zero-order chi connectivity index (χ0) is 14.4. The van der Waals surface area contributed by atoms with Gasteiger partial charge in [0.1, 0.15) is 0 Å². The van der Waals surface area contributed by atoms with Crippen molar-refractivity contribution in [3.05, 3.63) is 35.9 Å². The lowest BCUT2D eigenvalue weighted by molar-refractivity contribution is 0.218. The molecule has 0 atom stereocenters. The van der Waals surface area contributed by atoms with E-state index in [4.69, 9.17) is 0 Å². The molecule has 0 radical (unpaired) electrons. The van der Waals surface area contributed by atoms with Crippen LogP contribution in [0.5, 0.6) is 0 Å². The molecular formula is C15H24N2O2S. The van der Waals surface area contributed by atoms with Gasteiger partial charge in [-0.05, 0) is 31.5 Å². The molecule has 1 aliphatic rings. The van der Waals surface area contributed by atoms with E-state index >= 15 is 0 Å². The van der Waals surface area contributed by atoms with Crippen LogP contribution in [0.15, 0.2) is 30.3 Å². The van der Waals surface area contributed by atoms with Crippen molar-refractivity contribution in [3.8, 4) is 0 Å². The first-order valence-corrected chi connectivity index (χ1v) is 8.89. The van der Waals surface area contributed by atoms with Crippen molar-refractivity contribution in [2.75, 3.05) is 33.2 Å². The van der Waals surface area contributed by atoms with E-state index in [1.165, 1.54) is 23.6 Å². The van der Waals surface area contributed by atoms with Gasteiger partial charge in [0.15, 0.2) is 0 Å². The van der Waals surface area contributed by atoms with E-state index in [1.54, 1.807) is 7.05 Å². The fourth-order valence-corrected chi connectivity index (χ4v) is 3.69. The predicted molar refractivity (Wildman–Crippen MR) is 82.0 cm³/mol. The lowest BCUT2D eigenvalue weighted by Gasteiger charge is -2.28. The first-order valence-electron chi connectivity index (χ1n) is 7.28. The molecule has 4 nitrogen and oxygen atoms in total. The molecule has 5 heteroatoms. The zero-order valence-electron chi connectivity index (χ0n) is 12.2. The van der Waals surface area contributed by atoms with Crippen LogP contribution in [0.1, 0.15) is 24.8 Å². The summed E-state index contributed by atoms with van der Waals surface area (Å²) in [6, 6.07) is 9.36. The molecule has 0 amide bonds. The minimum absolute atomic E-state index is 0.0876. The number of hydrogen-bond acceptors (Lipinski definition) is 3. The highest BCUT2D eigenvalue weighted by atomic mass is 32.2. The topological polar surface area (TPSA) is 40.6 Å². The second-order valence-corrected chi connectivity index (χ2v) is 7.54. The largest absolute Gasteiger partial charge is 0.302 e. The summed E-state index contributed by atoms with van der Waals surface area (Å²) in [6.07, 6.45) is 3.78. The van der Waals surface area contributed by atoms with Crippen LogP contribution in [0, 0.1) is 0 Å². The number of likely N-dealkylation sites (tertiary alicyclic amines) is 1. The van der Waals surface area contributed by atoms with Gasteiger partial charge in [0.05, 0.1) is 5.75 Å². The smallest absolute Gasteiger partial charge is 0.218 e. The third kappa shape index (κ3) is 4.58. The molecule has 0 aromatic heterocycles. The summed E-state index contributed by atoms with van der Waals surface area (Å²) in [5.74, 6) is 0.0876. The van der Waals surface area contributed by atoms with Gasteiger partial charge in [0.2, 0.25) is 10.0 Å². The number of hydrogen-bond donors (Lipinski definition) is 0. The summed E-state index contributed by atoms with van der Waals surface area (Å²) in [7, 11) is -1.52. The molecule has 20 heavy (non-hydrogen) atoms. The second-order valence-electron chi connectivity index (χ2n) is 5.47. The van der Waals surface area contributed by atoms with Gasteiger partial charge in [0.25, 0.3) is 0 Å². The van der Waals surface area contributed by atoms with Gasteiger partial charge in [-0.25, -0.2) is 12.7 Å². The predicted octanol–water partition coefficient (Wildman–Crippen LogP) is 1.93. The molecule has 0 spiro atoms. The molecule has 1 aromatic carbocycles. The molecule has 1 aliphatic heterocycles. The summed E-state index contributed by atoms with van der Waals surface area (Å²) < 4.78 is 26.1. The molecule has 0 aliphatic carbocycles. The summed E-state index contributed by atoms with van der Waals surface area (Å²) in [5, 5.41) is 0. The van der Waals surface area contributed by atoms with Crippen molar-refractivity contribution in [1.82, 2.24) is 9.21 Å². The summed E-state index contributed by atoms with van der Waals surface area (Å²) in [5.41, 5.74) is 0.845. The highest BCUT2D eigenvalue weighted by Crippen LogP contribution is 2.11. The van der Waals surface area contributed by atoms with Crippen LogP contribution in [0.3, 0.4) is 0 Å². The maximum atomic E-state index is 12.3. The van der Waals surface area contributed by atoms with Crippen LogP contribution < -0.4 is 0 Å². The molecule has 1 saturated heterocycles. The number of likely N-dealkylation sites (N-methyl/N-ethyl adjacent to an activating group) is 1. The molecule has 0 N–H and O–H groups in total. The van der Waals surface area contributed by atoms with Gasteiger partial charge in [-0.2, -0.15) is 0 Å². The van der Waals surface area contributed by atoms with E-state index in [9.17, 15) is 8.42 Å². The summed E-state index contributed by atoms with van der Waals surface area (Å²) in [4.78, 5) is 2.36. The van der Waals surface area contributed by atoms with Gasteiger partial charge >= 0.3 is 0 Å². The number of piperidine rings is 1. The molecule has 0 saturated carbocycles. The van der Waals surface area contributed by atoms with Crippen LogP contribution in [0.4, 0.5) is 0 Å². The van der Waals surface area contributed by atoms with Crippen LogP contribution >= 0.6 is 0 Å². The van der Waals surface area contributed by atoms with Crippen LogP contribution in [-0.4, -0.2) is 50.8 Å². The molecule has 1 aromatic rings. The Hall–Kier alpha value is -0.910. The zero-order valence-corrected chi connectivity index (χ0v) is 13.0. The average Bonchev–Trinajstić information content (AvgIpc) is 2.46. The molecule has 1 fully saturated rings. The van der Waals surface area contributed by atoms with Crippen LogP contribution in [0.2, 0.25) is 0 Å². The quantitative estimate of drug-likeness (QED) is 0.805. The van der Waals surface area contributed by atoms with E-state index in [1.807, 2.05) is 30.3 Å². The second kappa shape index (κ2) is 7.20. The third-order valence-corrected chi connectivity index (χ3v) is 5.68. The average molecular weight is 296 g/mol. The van der Waals surface area contributed by atoms with Crippen LogP contribution in [0.25, 0.3) is 0 Å². The van der Waals surface area contributed by atoms with Gasteiger partial charge in [-0.15, -0.1) is 0 Å². The van der Waals surface area contributed by atoms with Gasteiger partial charge in [-0.1, -0.05) is 36.8 Å². The van der Waals surface area contributed by atoms with Crippen molar-refractivity contribution in [1.29, 1.82) is 0 Å². The normalized spacial score (nSPS) is 17.5. The van der Waals surface area contributed by atoms with E-state index in [2.05, 4.69) is 4.90 Å². The van der Waals surface area contributed by atoms with E-state index < -0.39 is 10.0 Å². The Morgan fingerprint density at radius 3 is 2.40 bits per heavy atom. The number of sulfonamides is 1. The van der Waals surface area contributed by atoms with Crippen molar-refractivity contribution >= 4 is 10.0 Å². The molecule has 1 heterocycles. The Morgan fingerprint density at radius 2 is 1.75 bits per heavy atom. The van der Waals surface area contributed by atoms with Gasteiger partial charge in [-0.3, -0.25) is 0 Å². The number of rotatable bonds is 6. The van der Waals surface area contributed by atoms with E-state index in [0.717, 1.165) is 25.2 Å². The van der Waals surface area contributed by atoms with Gasteiger partial charge in [0, 0.05) is 20.1 Å². The Morgan fingerprint density at radius 1 is 1.10 bits per heavy atom. The molecule has 2 rings (SSSR count). The Labute approximate surface area is 122 Å². The van der Waals surface area contributed by atoms with Crippen molar-refractivity contribution < 1.29 is 8.42 Å². The van der Waals surface area contributed by atoms with Crippen molar-refractivity contribution in [2.24, 2.45) is 0 Å². The maximum absolute atomic E-state index is 12.3. The lowest BCUT2D eigenvalue weighted by atomic mass is 10.1.